The third-order valence-electron chi connectivity index (χ3n) is 4.39. The topological polar surface area (TPSA) is 29.3 Å². The van der Waals surface area contributed by atoms with E-state index < -0.39 is 0 Å². The van der Waals surface area contributed by atoms with Crippen LogP contribution in [0.1, 0.15) is 45.4 Å². The van der Waals surface area contributed by atoms with Crippen molar-refractivity contribution in [3.05, 3.63) is 0 Å². The predicted molar refractivity (Wildman–Crippen MR) is 64.8 cm³/mol. The highest BCUT2D eigenvalue weighted by Gasteiger charge is 2.27. The van der Waals surface area contributed by atoms with Crippen LogP contribution in [0.4, 0.5) is 0 Å². The van der Waals surface area contributed by atoms with Gasteiger partial charge in [-0.3, -0.25) is 0 Å². The Morgan fingerprint density at radius 1 is 1.13 bits per heavy atom. The van der Waals surface area contributed by atoms with Crippen LogP contribution in [0.15, 0.2) is 0 Å². The largest absolute Gasteiger partial charge is 0.330 e. The first-order chi connectivity index (χ1) is 7.29. The molecule has 2 aliphatic rings. The van der Waals surface area contributed by atoms with Crippen LogP contribution >= 0.6 is 0 Å². The maximum Gasteiger partial charge on any atom is 0.00955 e. The Kier molecular flexibility index (Phi) is 4.04. The number of piperidine rings is 1. The number of likely N-dealkylation sites (tertiary alicyclic amines) is 1. The molecule has 0 aromatic carbocycles. The lowest BCUT2D eigenvalue weighted by Crippen LogP contribution is -2.45. The van der Waals surface area contributed by atoms with Crippen molar-refractivity contribution in [1.29, 1.82) is 0 Å². The van der Waals surface area contributed by atoms with E-state index in [9.17, 15) is 0 Å². The van der Waals surface area contributed by atoms with E-state index in [4.69, 9.17) is 5.73 Å². The summed E-state index contributed by atoms with van der Waals surface area (Å²) in [6, 6.07) is 0.885. The highest BCUT2D eigenvalue weighted by atomic mass is 15.2. The Bertz CT molecular complexity index is 185. The zero-order chi connectivity index (χ0) is 10.7. The first-order valence-corrected chi connectivity index (χ1v) is 6.73. The highest BCUT2D eigenvalue weighted by Crippen LogP contribution is 2.29. The van der Waals surface area contributed by atoms with Gasteiger partial charge < -0.3 is 10.6 Å². The van der Waals surface area contributed by atoms with Crippen molar-refractivity contribution in [2.24, 2.45) is 17.6 Å². The van der Waals surface area contributed by atoms with E-state index in [1.54, 1.807) is 0 Å². The molecule has 2 N–H and O–H groups in total. The van der Waals surface area contributed by atoms with E-state index >= 15 is 0 Å². The van der Waals surface area contributed by atoms with Crippen molar-refractivity contribution in [2.75, 3.05) is 19.6 Å². The molecule has 1 atom stereocenters. The molecule has 15 heavy (non-hydrogen) atoms. The number of hydrogen-bond donors (Lipinski definition) is 1. The van der Waals surface area contributed by atoms with Gasteiger partial charge in [-0.15, -0.1) is 0 Å². The van der Waals surface area contributed by atoms with Gasteiger partial charge in [0.15, 0.2) is 0 Å². The molecule has 88 valence electrons. The number of nitrogens with two attached hydrogens (primary N) is 1. The first kappa shape index (κ1) is 11.4. The number of hydrogen-bond acceptors (Lipinski definition) is 2. The quantitative estimate of drug-likeness (QED) is 0.757. The first-order valence-electron chi connectivity index (χ1n) is 6.73. The summed E-state index contributed by atoms with van der Waals surface area (Å²) in [5.41, 5.74) is 5.79. The van der Waals surface area contributed by atoms with Gasteiger partial charge in [0, 0.05) is 12.6 Å². The van der Waals surface area contributed by atoms with Gasteiger partial charge in [-0.25, -0.2) is 0 Å². The molecule has 1 saturated heterocycles. The summed E-state index contributed by atoms with van der Waals surface area (Å²) < 4.78 is 0. The van der Waals surface area contributed by atoms with Gasteiger partial charge in [-0.1, -0.05) is 6.92 Å². The van der Waals surface area contributed by atoms with E-state index in [0.29, 0.717) is 0 Å². The summed E-state index contributed by atoms with van der Waals surface area (Å²) in [7, 11) is 0. The molecule has 0 amide bonds. The van der Waals surface area contributed by atoms with Crippen LogP contribution in [-0.2, 0) is 0 Å². The van der Waals surface area contributed by atoms with Crippen LogP contribution in [0.3, 0.4) is 0 Å². The molecule has 1 heterocycles. The Morgan fingerprint density at radius 2 is 1.87 bits per heavy atom. The minimum Gasteiger partial charge on any atom is -0.330 e. The van der Waals surface area contributed by atoms with Crippen LogP contribution in [0.25, 0.3) is 0 Å². The van der Waals surface area contributed by atoms with Crippen molar-refractivity contribution < 1.29 is 0 Å². The lowest BCUT2D eigenvalue weighted by Gasteiger charge is -2.40. The smallest absolute Gasteiger partial charge is 0.00955 e. The fourth-order valence-corrected chi connectivity index (χ4v) is 3.23. The van der Waals surface area contributed by atoms with Crippen molar-refractivity contribution in [3.8, 4) is 0 Å². The summed E-state index contributed by atoms with van der Waals surface area (Å²) >= 11 is 0. The summed E-state index contributed by atoms with van der Waals surface area (Å²) in [6.45, 7) is 5.89. The fraction of sp³-hybridized carbons (Fsp3) is 1.00. The van der Waals surface area contributed by atoms with Gasteiger partial charge in [0.25, 0.3) is 0 Å². The molecular formula is C13H26N2. The second-order valence-electron chi connectivity index (χ2n) is 5.65. The Balaban J connectivity index is 1.82. The third kappa shape index (κ3) is 2.94. The van der Waals surface area contributed by atoms with Crippen LogP contribution in [-0.4, -0.2) is 30.6 Å². The predicted octanol–water partition coefficient (Wildman–Crippen LogP) is 2.24. The molecule has 1 aliphatic heterocycles. The van der Waals surface area contributed by atoms with E-state index in [1.165, 1.54) is 51.6 Å². The molecule has 0 bridgehead atoms. The molecule has 2 nitrogen and oxygen atoms in total. The molecule has 0 aromatic rings. The molecule has 0 radical (unpaired) electrons. The zero-order valence-electron chi connectivity index (χ0n) is 10.1. The molecule has 2 fully saturated rings. The van der Waals surface area contributed by atoms with E-state index in [-0.39, 0.29) is 0 Å². The van der Waals surface area contributed by atoms with Gasteiger partial charge in [-0.2, -0.15) is 0 Å². The average molecular weight is 210 g/mol. The number of nitrogens with zero attached hydrogens (tertiary/aromatic N) is 1. The monoisotopic (exact) mass is 210 g/mol. The lowest BCUT2D eigenvalue weighted by atomic mass is 9.85. The molecule has 2 rings (SSSR count). The molecular weight excluding hydrogens is 184 g/mol. The number of rotatable bonds is 2. The molecule has 0 aromatic heterocycles. The van der Waals surface area contributed by atoms with Crippen LogP contribution in [0, 0.1) is 11.8 Å². The van der Waals surface area contributed by atoms with Gasteiger partial charge in [-0.05, 0) is 63.5 Å². The van der Waals surface area contributed by atoms with Gasteiger partial charge in [0.05, 0.1) is 0 Å². The standard InChI is InChI=1S/C13H26N2/c1-11-4-6-13(7-5-11)15-8-2-3-12(9-14)10-15/h11-13H,2-10,14H2,1H3/t11?,12-,13?/m1/s1. The van der Waals surface area contributed by atoms with Crippen molar-refractivity contribution in [2.45, 2.75) is 51.5 Å². The summed E-state index contributed by atoms with van der Waals surface area (Å²) in [6.07, 6.45) is 8.46. The highest BCUT2D eigenvalue weighted by molar-refractivity contribution is 4.82. The van der Waals surface area contributed by atoms with Crippen LogP contribution < -0.4 is 5.73 Å². The molecule has 0 spiro atoms. The summed E-state index contributed by atoms with van der Waals surface area (Å²) in [4.78, 5) is 2.73. The summed E-state index contributed by atoms with van der Waals surface area (Å²) in [5, 5.41) is 0. The normalized spacial score (nSPS) is 39.2. The Hall–Kier alpha value is -0.0800. The van der Waals surface area contributed by atoms with Gasteiger partial charge >= 0.3 is 0 Å². The third-order valence-corrected chi connectivity index (χ3v) is 4.39. The van der Waals surface area contributed by atoms with Gasteiger partial charge in [0.1, 0.15) is 0 Å². The van der Waals surface area contributed by atoms with Crippen LogP contribution in [0.5, 0.6) is 0 Å². The van der Waals surface area contributed by atoms with Crippen molar-refractivity contribution >= 4 is 0 Å². The average Bonchev–Trinajstić information content (AvgIpc) is 2.30. The van der Waals surface area contributed by atoms with Crippen molar-refractivity contribution in [3.63, 3.8) is 0 Å². The maximum atomic E-state index is 5.79. The Labute approximate surface area is 94.2 Å². The van der Waals surface area contributed by atoms with E-state index in [1.807, 2.05) is 0 Å². The minimum atomic E-state index is 0.776. The minimum absolute atomic E-state index is 0.776. The zero-order valence-corrected chi connectivity index (χ0v) is 10.1. The SMILES string of the molecule is CC1CCC(N2CCC[C@H](CN)C2)CC1. The second kappa shape index (κ2) is 5.31. The van der Waals surface area contributed by atoms with Crippen LogP contribution in [0.2, 0.25) is 0 Å². The summed E-state index contributed by atoms with van der Waals surface area (Å²) in [5.74, 6) is 1.74. The second-order valence-corrected chi connectivity index (χ2v) is 5.65. The lowest BCUT2D eigenvalue weighted by molar-refractivity contribution is 0.0913. The molecule has 1 saturated carbocycles. The van der Waals surface area contributed by atoms with Crippen molar-refractivity contribution in [1.82, 2.24) is 4.90 Å². The maximum absolute atomic E-state index is 5.79. The molecule has 0 unspecified atom stereocenters. The molecule has 1 aliphatic carbocycles. The Morgan fingerprint density at radius 3 is 2.53 bits per heavy atom. The molecule has 2 heteroatoms. The van der Waals surface area contributed by atoms with Gasteiger partial charge in [0.2, 0.25) is 0 Å². The van der Waals surface area contributed by atoms with E-state index in [2.05, 4.69) is 11.8 Å². The van der Waals surface area contributed by atoms with E-state index in [0.717, 1.165) is 24.4 Å². The fourth-order valence-electron chi connectivity index (χ4n) is 3.23.